The molecular weight excluding hydrogens is 238 g/mol. The molecule has 1 aliphatic carbocycles. The Morgan fingerprint density at radius 2 is 2.06 bits per heavy atom. The highest BCUT2D eigenvalue weighted by atomic mass is 19.2. The van der Waals surface area contributed by atoms with Crippen LogP contribution in [0.15, 0.2) is 18.2 Å². The molecule has 0 bridgehead atoms. The van der Waals surface area contributed by atoms with Crippen LogP contribution in [0.5, 0.6) is 0 Å². The molecule has 0 atom stereocenters. The summed E-state index contributed by atoms with van der Waals surface area (Å²) in [4.78, 5) is 13.5. The number of rotatable bonds is 3. The topological polar surface area (TPSA) is 46.3 Å². The lowest BCUT2D eigenvalue weighted by Gasteiger charge is -2.34. The second-order valence-electron chi connectivity index (χ2n) is 4.87. The first-order valence-electron chi connectivity index (χ1n) is 5.92. The predicted octanol–water partition coefficient (Wildman–Crippen LogP) is 1.66. The van der Waals surface area contributed by atoms with Crippen LogP contribution in [-0.4, -0.2) is 23.9 Å². The minimum absolute atomic E-state index is 0.0152. The first-order chi connectivity index (χ1) is 8.47. The van der Waals surface area contributed by atoms with Crippen LogP contribution in [0.3, 0.4) is 0 Å². The maximum absolute atomic E-state index is 13.0. The van der Waals surface area contributed by atoms with Gasteiger partial charge in [-0.25, -0.2) is 8.78 Å². The van der Waals surface area contributed by atoms with Crippen molar-refractivity contribution in [3.05, 3.63) is 35.4 Å². The summed E-state index contributed by atoms with van der Waals surface area (Å²) >= 11 is 0. The summed E-state index contributed by atoms with van der Waals surface area (Å²) in [7, 11) is 1.66. The van der Waals surface area contributed by atoms with Gasteiger partial charge in [-0.1, -0.05) is 6.07 Å². The summed E-state index contributed by atoms with van der Waals surface area (Å²) < 4.78 is 25.8. The van der Waals surface area contributed by atoms with Gasteiger partial charge in [-0.3, -0.25) is 4.79 Å². The van der Waals surface area contributed by atoms with E-state index < -0.39 is 11.6 Å². The van der Waals surface area contributed by atoms with E-state index in [2.05, 4.69) is 0 Å². The fraction of sp³-hybridized carbons (Fsp3) is 0.462. The highest BCUT2D eigenvalue weighted by molar-refractivity contribution is 5.79. The fourth-order valence-electron chi connectivity index (χ4n) is 2.16. The van der Waals surface area contributed by atoms with Crippen LogP contribution in [0.4, 0.5) is 8.78 Å². The zero-order chi connectivity index (χ0) is 13.3. The Kier molecular flexibility index (Phi) is 3.61. The lowest BCUT2D eigenvalue weighted by Crippen LogP contribution is -2.45. The van der Waals surface area contributed by atoms with Crippen LogP contribution >= 0.6 is 0 Å². The van der Waals surface area contributed by atoms with Gasteiger partial charge in [0.1, 0.15) is 0 Å². The molecule has 0 spiro atoms. The van der Waals surface area contributed by atoms with Crippen LogP contribution in [0.25, 0.3) is 0 Å². The van der Waals surface area contributed by atoms with E-state index in [0.717, 1.165) is 12.1 Å². The summed E-state index contributed by atoms with van der Waals surface area (Å²) in [6.45, 7) is 0.280. The van der Waals surface area contributed by atoms with Crippen LogP contribution in [0.1, 0.15) is 18.4 Å². The molecule has 0 radical (unpaired) electrons. The van der Waals surface area contributed by atoms with Gasteiger partial charge >= 0.3 is 0 Å². The monoisotopic (exact) mass is 254 g/mol. The predicted molar refractivity (Wildman–Crippen MR) is 63.5 cm³/mol. The quantitative estimate of drug-likeness (QED) is 0.891. The van der Waals surface area contributed by atoms with Crippen molar-refractivity contribution in [3.63, 3.8) is 0 Å². The largest absolute Gasteiger partial charge is 0.341 e. The summed E-state index contributed by atoms with van der Waals surface area (Å²) in [5.74, 6) is -1.77. The summed E-state index contributed by atoms with van der Waals surface area (Å²) in [6.07, 6.45) is 1.42. The maximum Gasteiger partial charge on any atom is 0.225 e. The van der Waals surface area contributed by atoms with Gasteiger partial charge in [0.25, 0.3) is 0 Å². The van der Waals surface area contributed by atoms with E-state index in [9.17, 15) is 13.6 Å². The molecule has 0 aromatic heterocycles. The molecular formula is C13H16F2N2O. The Bertz CT molecular complexity index is 458. The minimum atomic E-state index is -0.890. The van der Waals surface area contributed by atoms with Crippen molar-refractivity contribution >= 4 is 5.91 Å². The third kappa shape index (κ3) is 2.67. The molecule has 98 valence electrons. The summed E-state index contributed by atoms with van der Waals surface area (Å²) in [5.41, 5.74) is 6.21. The normalized spacial score (nSPS) is 22.4. The van der Waals surface area contributed by atoms with Crippen molar-refractivity contribution < 1.29 is 13.6 Å². The van der Waals surface area contributed by atoms with E-state index in [1.54, 1.807) is 7.05 Å². The van der Waals surface area contributed by atoms with E-state index in [1.165, 1.54) is 11.0 Å². The van der Waals surface area contributed by atoms with E-state index in [4.69, 9.17) is 5.73 Å². The van der Waals surface area contributed by atoms with Gasteiger partial charge in [0.15, 0.2) is 11.6 Å². The van der Waals surface area contributed by atoms with Crippen LogP contribution in [-0.2, 0) is 11.3 Å². The van der Waals surface area contributed by atoms with Crippen molar-refractivity contribution in [1.29, 1.82) is 0 Å². The second-order valence-corrected chi connectivity index (χ2v) is 4.87. The smallest absolute Gasteiger partial charge is 0.225 e. The second kappa shape index (κ2) is 5.02. The van der Waals surface area contributed by atoms with Gasteiger partial charge in [0.05, 0.1) is 0 Å². The number of carbonyl (C=O) groups is 1. The average Bonchev–Trinajstić information content (AvgIpc) is 2.29. The lowest BCUT2D eigenvalue weighted by molar-refractivity contribution is -0.137. The highest BCUT2D eigenvalue weighted by Gasteiger charge is 2.33. The SMILES string of the molecule is CN(Cc1ccc(F)c(F)c1)C(=O)C1CC(N)C1. The van der Waals surface area contributed by atoms with Gasteiger partial charge in [-0.05, 0) is 30.5 Å². The molecule has 0 heterocycles. The summed E-state index contributed by atoms with van der Waals surface area (Å²) in [6, 6.07) is 3.79. The Hall–Kier alpha value is -1.49. The minimum Gasteiger partial charge on any atom is -0.341 e. The van der Waals surface area contributed by atoms with Gasteiger partial charge < -0.3 is 10.6 Å². The van der Waals surface area contributed by atoms with Crippen molar-refractivity contribution in [1.82, 2.24) is 4.90 Å². The molecule has 1 aromatic rings. The van der Waals surface area contributed by atoms with Gasteiger partial charge in [0, 0.05) is 25.6 Å². The fourth-order valence-corrected chi connectivity index (χ4v) is 2.16. The van der Waals surface area contributed by atoms with Gasteiger partial charge in [-0.15, -0.1) is 0 Å². The van der Waals surface area contributed by atoms with Crippen LogP contribution in [0, 0.1) is 17.6 Å². The van der Waals surface area contributed by atoms with E-state index in [0.29, 0.717) is 18.4 Å². The van der Waals surface area contributed by atoms with Crippen LogP contribution in [0.2, 0.25) is 0 Å². The molecule has 2 rings (SSSR count). The van der Waals surface area contributed by atoms with Crippen molar-refractivity contribution in [2.24, 2.45) is 11.7 Å². The third-order valence-corrected chi connectivity index (χ3v) is 3.30. The standard InChI is InChI=1S/C13H16F2N2O/c1-17(13(18)9-5-10(16)6-9)7-8-2-3-11(14)12(15)4-8/h2-4,9-10H,5-7,16H2,1H3. The number of hydrogen-bond acceptors (Lipinski definition) is 2. The zero-order valence-electron chi connectivity index (χ0n) is 10.2. The lowest BCUT2D eigenvalue weighted by atomic mass is 9.80. The van der Waals surface area contributed by atoms with Gasteiger partial charge in [0.2, 0.25) is 5.91 Å². The molecule has 0 unspecified atom stereocenters. The number of hydrogen-bond donors (Lipinski definition) is 1. The van der Waals surface area contributed by atoms with Crippen molar-refractivity contribution in [3.8, 4) is 0 Å². The molecule has 18 heavy (non-hydrogen) atoms. The number of halogens is 2. The van der Waals surface area contributed by atoms with E-state index in [1.807, 2.05) is 0 Å². The van der Waals surface area contributed by atoms with E-state index in [-0.39, 0.29) is 24.4 Å². The first-order valence-corrected chi connectivity index (χ1v) is 5.92. The van der Waals surface area contributed by atoms with E-state index >= 15 is 0 Å². The molecule has 0 aliphatic heterocycles. The molecule has 5 heteroatoms. The Balaban J connectivity index is 1.96. The number of nitrogens with zero attached hydrogens (tertiary/aromatic N) is 1. The molecule has 2 N–H and O–H groups in total. The Morgan fingerprint density at radius 1 is 1.39 bits per heavy atom. The Labute approximate surface area is 105 Å². The van der Waals surface area contributed by atoms with Crippen molar-refractivity contribution in [2.45, 2.75) is 25.4 Å². The molecule has 1 amide bonds. The molecule has 1 aromatic carbocycles. The van der Waals surface area contributed by atoms with Crippen molar-refractivity contribution in [2.75, 3.05) is 7.05 Å². The summed E-state index contributed by atoms with van der Waals surface area (Å²) in [5, 5.41) is 0. The number of benzene rings is 1. The molecule has 1 fully saturated rings. The van der Waals surface area contributed by atoms with Crippen LogP contribution < -0.4 is 5.73 Å². The number of amides is 1. The Morgan fingerprint density at radius 3 is 2.61 bits per heavy atom. The number of nitrogens with two attached hydrogens (primary N) is 1. The zero-order valence-corrected chi connectivity index (χ0v) is 10.2. The first kappa shape index (κ1) is 13.0. The molecule has 3 nitrogen and oxygen atoms in total. The molecule has 1 saturated carbocycles. The number of carbonyl (C=O) groups excluding carboxylic acids is 1. The highest BCUT2D eigenvalue weighted by Crippen LogP contribution is 2.27. The third-order valence-electron chi connectivity index (χ3n) is 3.30. The van der Waals surface area contributed by atoms with Gasteiger partial charge in [-0.2, -0.15) is 0 Å². The maximum atomic E-state index is 13.0. The average molecular weight is 254 g/mol. The molecule has 0 saturated heterocycles. The molecule has 1 aliphatic rings.